The zero-order chi connectivity index (χ0) is 9.35. The fraction of sp³-hybridized carbons (Fsp3) is 0.714. The monoisotopic (exact) mass is 174 g/mol. The standard InChI is InChI=1S/C7H10O5/c1-7(6(9)11-3)4(12-7)5(8)10-2/h4H,1-3H3/t4?,7-/m0/s1. The number of epoxide rings is 1. The second-order valence-corrected chi connectivity index (χ2v) is 2.62. The van der Waals surface area contributed by atoms with Crippen molar-refractivity contribution in [3.05, 3.63) is 0 Å². The van der Waals surface area contributed by atoms with E-state index in [1.165, 1.54) is 21.1 Å². The third kappa shape index (κ3) is 1.16. The zero-order valence-electron chi connectivity index (χ0n) is 7.12. The minimum atomic E-state index is -1.14. The third-order valence-electron chi connectivity index (χ3n) is 1.81. The van der Waals surface area contributed by atoms with E-state index >= 15 is 0 Å². The lowest BCUT2D eigenvalue weighted by atomic mass is 10.1. The number of ether oxygens (including phenoxy) is 3. The molecule has 0 bridgehead atoms. The van der Waals surface area contributed by atoms with Crippen molar-refractivity contribution in [3.63, 3.8) is 0 Å². The number of carbonyl (C=O) groups excluding carboxylic acids is 2. The predicted octanol–water partition coefficient (Wildman–Crippen LogP) is -0.510. The van der Waals surface area contributed by atoms with Crippen LogP contribution >= 0.6 is 0 Å². The summed E-state index contributed by atoms with van der Waals surface area (Å²) in [6.45, 7) is 1.49. The Morgan fingerprint density at radius 3 is 2.33 bits per heavy atom. The largest absolute Gasteiger partial charge is 0.467 e. The van der Waals surface area contributed by atoms with Gasteiger partial charge in [0.15, 0.2) is 11.7 Å². The highest BCUT2D eigenvalue weighted by Crippen LogP contribution is 2.37. The lowest BCUT2D eigenvalue weighted by Crippen LogP contribution is -2.28. The van der Waals surface area contributed by atoms with E-state index in [0.717, 1.165) is 0 Å². The Morgan fingerprint density at radius 2 is 1.92 bits per heavy atom. The Kier molecular flexibility index (Phi) is 2.06. The molecule has 1 rings (SSSR count). The van der Waals surface area contributed by atoms with Crippen molar-refractivity contribution in [1.82, 2.24) is 0 Å². The predicted molar refractivity (Wildman–Crippen MR) is 37.3 cm³/mol. The maximum atomic E-state index is 11.0. The molecule has 5 heteroatoms. The van der Waals surface area contributed by atoms with Gasteiger partial charge in [0.1, 0.15) is 0 Å². The van der Waals surface area contributed by atoms with Crippen LogP contribution in [0.15, 0.2) is 0 Å². The molecule has 0 radical (unpaired) electrons. The third-order valence-corrected chi connectivity index (χ3v) is 1.81. The maximum Gasteiger partial charge on any atom is 0.341 e. The van der Waals surface area contributed by atoms with E-state index in [1.54, 1.807) is 0 Å². The summed E-state index contributed by atoms with van der Waals surface area (Å²) in [5.41, 5.74) is -1.14. The van der Waals surface area contributed by atoms with Crippen LogP contribution in [-0.2, 0) is 23.8 Å². The number of carbonyl (C=O) groups is 2. The molecule has 1 aliphatic rings. The van der Waals surface area contributed by atoms with E-state index in [9.17, 15) is 9.59 Å². The highest BCUT2D eigenvalue weighted by atomic mass is 16.7. The summed E-state index contributed by atoms with van der Waals surface area (Å²) in [4.78, 5) is 21.8. The first kappa shape index (κ1) is 8.99. The van der Waals surface area contributed by atoms with Gasteiger partial charge in [-0.05, 0) is 6.92 Å². The van der Waals surface area contributed by atoms with Gasteiger partial charge in [-0.15, -0.1) is 0 Å². The SMILES string of the molecule is COC(=O)C1O[C@]1(C)C(=O)OC. The minimum absolute atomic E-state index is 0.553. The van der Waals surface area contributed by atoms with Gasteiger partial charge in [-0.2, -0.15) is 0 Å². The number of rotatable bonds is 2. The molecule has 0 amide bonds. The molecule has 2 atom stereocenters. The molecule has 0 saturated carbocycles. The van der Waals surface area contributed by atoms with E-state index in [0.29, 0.717) is 0 Å². The van der Waals surface area contributed by atoms with Crippen LogP contribution in [0.2, 0.25) is 0 Å². The Morgan fingerprint density at radius 1 is 1.33 bits per heavy atom. The van der Waals surface area contributed by atoms with Gasteiger partial charge < -0.3 is 14.2 Å². The molecule has 0 aromatic carbocycles. The molecule has 0 aromatic heterocycles. The number of hydrogen-bond donors (Lipinski definition) is 0. The topological polar surface area (TPSA) is 65.1 Å². The fourth-order valence-corrected chi connectivity index (χ4v) is 0.949. The van der Waals surface area contributed by atoms with E-state index < -0.39 is 23.6 Å². The molecular formula is C7H10O5. The molecule has 1 saturated heterocycles. The van der Waals surface area contributed by atoms with E-state index in [4.69, 9.17) is 4.74 Å². The van der Waals surface area contributed by atoms with Gasteiger partial charge in [0.2, 0.25) is 0 Å². The first-order valence-corrected chi connectivity index (χ1v) is 3.40. The Labute approximate surface area is 69.6 Å². The quantitative estimate of drug-likeness (QED) is 0.416. The molecule has 68 valence electrons. The van der Waals surface area contributed by atoms with Gasteiger partial charge in [0.25, 0.3) is 0 Å². The first-order chi connectivity index (χ1) is 5.56. The Hall–Kier alpha value is -1.10. The molecule has 1 heterocycles. The summed E-state index contributed by atoms with van der Waals surface area (Å²) < 4.78 is 13.7. The molecule has 12 heavy (non-hydrogen) atoms. The second kappa shape index (κ2) is 2.75. The van der Waals surface area contributed by atoms with Crippen LogP contribution in [-0.4, -0.2) is 37.9 Å². The Balaban J connectivity index is 2.59. The molecule has 1 unspecified atom stereocenters. The van der Waals surface area contributed by atoms with Gasteiger partial charge in [0, 0.05) is 0 Å². The van der Waals surface area contributed by atoms with Crippen molar-refractivity contribution in [3.8, 4) is 0 Å². The van der Waals surface area contributed by atoms with Gasteiger partial charge in [-0.1, -0.05) is 0 Å². The molecule has 1 aliphatic heterocycles. The first-order valence-electron chi connectivity index (χ1n) is 3.40. The van der Waals surface area contributed by atoms with Crippen molar-refractivity contribution in [2.45, 2.75) is 18.6 Å². The highest BCUT2D eigenvalue weighted by Gasteiger charge is 2.64. The summed E-state index contributed by atoms with van der Waals surface area (Å²) in [5, 5.41) is 0. The molecule has 0 aliphatic carbocycles. The van der Waals surface area contributed by atoms with Crippen LogP contribution in [0.25, 0.3) is 0 Å². The molecule has 0 aromatic rings. The van der Waals surface area contributed by atoms with Crippen molar-refractivity contribution in [2.75, 3.05) is 14.2 Å². The normalized spacial score (nSPS) is 32.4. The molecule has 1 fully saturated rings. The highest BCUT2D eigenvalue weighted by molar-refractivity contribution is 5.93. The lowest BCUT2D eigenvalue weighted by molar-refractivity contribution is -0.147. The van der Waals surface area contributed by atoms with Crippen molar-refractivity contribution >= 4 is 11.9 Å². The number of esters is 2. The smallest absolute Gasteiger partial charge is 0.341 e. The summed E-state index contributed by atoms with van der Waals surface area (Å²) >= 11 is 0. The van der Waals surface area contributed by atoms with Crippen LogP contribution in [0.1, 0.15) is 6.92 Å². The maximum absolute atomic E-state index is 11.0. The molecular weight excluding hydrogens is 164 g/mol. The summed E-state index contributed by atoms with van der Waals surface area (Å²) in [7, 11) is 2.48. The van der Waals surface area contributed by atoms with Gasteiger partial charge in [-0.3, -0.25) is 0 Å². The van der Waals surface area contributed by atoms with E-state index in [-0.39, 0.29) is 0 Å². The summed E-state index contributed by atoms with van der Waals surface area (Å²) in [6, 6.07) is 0. The number of hydrogen-bond acceptors (Lipinski definition) is 5. The average molecular weight is 174 g/mol. The second-order valence-electron chi connectivity index (χ2n) is 2.62. The molecule has 0 N–H and O–H groups in total. The molecule has 5 nitrogen and oxygen atoms in total. The fourth-order valence-electron chi connectivity index (χ4n) is 0.949. The van der Waals surface area contributed by atoms with Crippen molar-refractivity contribution in [2.24, 2.45) is 0 Å². The molecule has 0 spiro atoms. The van der Waals surface area contributed by atoms with Crippen molar-refractivity contribution < 1.29 is 23.8 Å². The van der Waals surface area contributed by atoms with Crippen LogP contribution < -0.4 is 0 Å². The average Bonchev–Trinajstić information content (AvgIpc) is 2.76. The minimum Gasteiger partial charge on any atom is -0.467 e. The van der Waals surface area contributed by atoms with Gasteiger partial charge >= 0.3 is 11.9 Å². The van der Waals surface area contributed by atoms with Crippen LogP contribution in [0.5, 0.6) is 0 Å². The lowest BCUT2D eigenvalue weighted by Gasteiger charge is -2.01. The van der Waals surface area contributed by atoms with E-state index in [2.05, 4.69) is 9.47 Å². The van der Waals surface area contributed by atoms with Crippen LogP contribution in [0.3, 0.4) is 0 Å². The summed E-state index contributed by atoms with van der Waals surface area (Å²) in [5.74, 6) is -1.11. The Bertz CT molecular complexity index is 224. The zero-order valence-corrected chi connectivity index (χ0v) is 7.12. The van der Waals surface area contributed by atoms with Crippen LogP contribution in [0.4, 0.5) is 0 Å². The van der Waals surface area contributed by atoms with Crippen molar-refractivity contribution in [1.29, 1.82) is 0 Å². The van der Waals surface area contributed by atoms with E-state index in [1.807, 2.05) is 0 Å². The van der Waals surface area contributed by atoms with Crippen LogP contribution in [0, 0.1) is 0 Å². The number of methoxy groups -OCH3 is 2. The van der Waals surface area contributed by atoms with Gasteiger partial charge in [0.05, 0.1) is 14.2 Å². The summed E-state index contributed by atoms with van der Waals surface area (Å²) in [6.07, 6.45) is -0.810. The van der Waals surface area contributed by atoms with Gasteiger partial charge in [-0.25, -0.2) is 9.59 Å².